The molecule has 0 aliphatic rings. The Morgan fingerprint density at radius 2 is 1.83 bits per heavy atom. The van der Waals surface area contributed by atoms with Crippen molar-refractivity contribution in [1.29, 1.82) is 0 Å². The molecule has 0 saturated carbocycles. The van der Waals surface area contributed by atoms with Gasteiger partial charge in [0.25, 0.3) is 0 Å². The van der Waals surface area contributed by atoms with Crippen LogP contribution in [0.15, 0.2) is 65.4 Å². The highest BCUT2D eigenvalue weighted by Crippen LogP contribution is 2.29. The molecule has 0 bridgehead atoms. The number of aromatic nitrogens is 1. The number of nitrogens with one attached hydrogen (secondary N) is 1. The van der Waals surface area contributed by atoms with E-state index in [0.29, 0.717) is 0 Å². The summed E-state index contributed by atoms with van der Waals surface area (Å²) in [6, 6.07) is 18.6. The second-order valence-corrected chi connectivity index (χ2v) is 7.63. The number of thiophene rings is 1. The van der Waals surface area contributed by atoms with Crippen LogP contribution in [0, 0.1) is 0 Å². The van der Waals surface area contributed by atoms with Gasteiger partial charge in [-0.25, -0.2) is 4.98 Å². The molecule has 4 nitrogen and oxygen atoms in total. The molecule has 5 heteroatoms. The van der Waals surface area contributed by atoms with E-state index in [1.807, 2.05) is 24.3 Å². The number of hydrogen-bond donors (Lipinski definition) is 1. The molecule has 2 heterocycles. The molecule has 0 fully saturated rings. The highest BCUT2D eigenvalue weighted by atomic mass is 32.1. The fraction of sp³-hybridized carbons (Fsp3) is 0.208. The van der Waals surface area contributed by atoms with Crippen molar-refractivity contribution in [3.8, 4) is 22.8 Å². The zero-order valence-corrected chi connectivity index (χ0v) is 17.5. The third kappa shape index (κ3) is 4.58. The van der Waals surface area contributed by atoms with Crippen LogP contribution >= 0.6 is 11.3 Å². The van der Waals surface area contributed by atoms with Crippen molar-refractivity contribution >= 4 is 22.2 Å². The highest BCUT2D eigenvalue weighted by Gasteiger charge is 2.10. The van der Waals surface area contributed by atoms with Crippen molar-refractivity contribution < 1.29 is 9.47 Å². The molecule has 148 valence electrons. The molecule has 29 heavy (non-hydrogen) atoms. The lowest BCUT2D eigenvalue weighted by Gasteiger charge is -2.12. The second-order valence-electron chi connectivity index (χ2n) is 6.85. The summed E-state index contributed by atoms with van der Waals surface area (Å²) in [7, 11) is 3.38. The first-order valence-electron chi connectivity index (χ1n) is 9.61. The summed E-state index contributed by atoms with van der Waals surface area (Å²) in [5, 5.41) is 8.93. The number of fused-ring (bicyclic) bond motifs is 1. The maximum absolute atomic E-state index is 5.36. The van der Waals surface area contributed by atoms with E-state index >= 15 is 0 Å². The van der Waals surface area contributed by atoms with Crippen molar-refractivity contribution in [2.24, 2.45) is 0 Å². The Balaban J connectivity index is 1.53. The fourth-order valence-electron chi connectivity index (χ4n) is 3.39. The largest absolute Gasteiger partial charge is 0.497 e. The Labute approximate surface area is 175 Å². The Morgan fingerprint density at radius 1 is 0.966 bits per heavy atom. The molecule has 0 radical (unpaired) electrons. The molecular formula is C24H24N2O2S. The van der Waals surface area contributed by atoms with E-state index in [-0.39, 0.29) is 0 Å². The molecule has 4 rings (SSSR count). The van der Waals surface area contributed by atoms with E-state index in [1.54, 1.807) is 25.6 Å². The van der Waals surface area contributed by atoms with Gasteiger partial charge in [-0.2, -0.15) is 11.3 Å². The van der Waals surface area contributed by atoms with Gasteiger partial charge in [-0.05, 0) is 65.9 Å². The van der Waals surface area contributed by atoms with Crippen LogP contribution in [0.2, 0.25) is 0 Å². The molecule has 0 amide bonds. The minimum absolute atomic E-state index is 0.768. The van der Waals surface area contributed by atoms with Gasteiger partial charge in [0.2, 0.25) is 0 Å². The lowest BCUT2D eigenvalue weighted by atomic mass is 10.0. The normalized spacial score (nSPS) is 11.0. The van der Waals surface area contributed by atoms with Crippen LogP contribution in [0.25, 0.3) is 22.2 Å². The van der Waals surface area contributed by atoms with Gasteiger partial charge in [-0.1, -0.05) is 12.1 Å². The monoisotopic (exact) mass is 404 g/mol. The number of hydrogen-bond acceptors (Lipinski definition) is 5. The van der Waals surface area contributed by atoms with Gasteiger partial charge in [-0.15, -0.1) is 0 Å². The van der Waals surface area contributed by atoms with Crippen LogP contribution in [-0.2, 0) is 13.0 Å². The van der Waals surface area contributed by atoms with Crippen molar-refractivity contribution in [3.05, 3.63) is 76.5 Å². The predicted octanol–water partition coefficient (Wildman–Crippen LogP) is 5.31. The molecule has 0 atom stereocenters. The summed E-state index contributed by atoms with van der Waals surface area (Å²) in [5.41, 5.74) is 5.60. The zero-order valence-electron chi connectivity index (χ0n) is 16.6. The molecule has 0 spiro atoms. The Kier molecular flexibility index (Phi) is 6.08. The molecular weight excluding hydrogens is 380 g/mol. The molecule has 0 unspecified atom stereocenters. The quantitative estimate of drug-likeness (QED) is 0.404. The van der Waals surface area contributed by atoms with Crippen LogP contribution < -0.4 is 14.8 Å². The third-order valence-corrected chi connectivity index (χ3v) is 5.62. The second kappa shape index (κ2) is 9.07. The van der Waals surface area contributed by atoms with Gasteiger partial charge in [-0.3, -0.25) is 0 Å². The van der Waals surface area contributed by atoms with Crippen molar-refractivity contribution in [3.63, 3.8) is 0 Å². The van der Waals surface area contributed by atoms with E-state index in [9.17, 15) is 0 Å². The van der Waals surface area contributed by atoms with Crippen LogP contribution in [0.5, 0.6) is 11.5 Å². The van der Waals surface area contributed by atoms with Crippen molar-refractivity contribution in [1.82, 2.24) is 10.3 Å². The van der Waals surface area contributed by atoms with E-state index in [4.69, 9.17) is 14.5 Å². The summed E-state index contributed by atoms with van der Waals surface area (Å²) >= 11 is 1.69. The van der Waals surface area contributed by atoms with Crippen LogP contribution in [0.3, 0.4) is 0 Å². The first kappa shape index (κ1) is 19.4. The zero-order chi connectivity index (χ0) is 20.1. The van der Waals surface area contributed by atoms with Gasteiger partial charge >= 0.3 is 0 Å². The van der Waals surface area contributed by atoms with Gasteiger partial charge in [0.05, 0.1) is 25.4 Å². The average molecular weight is 405 g/mol. The topological polar surface area (TPSA) is 43.4 Å². The first-order chi connectivity index (χ1) is 14.3. The molecule has 1 N–H and O–H groups in total. The smallest absolute Gasteiger partial charge is 0.121 e. The lowest BCUT2D eigenvalue weighted by molar-refractivity contribution is 0.414. The predicted molar refractivity (Wildman–Crippen MR) is 120 cm³/mol. The Morgan fingerprint density at radius 3 is 2.62 bits per heavy atom. The fourth-order valence-corrected chi connectivity index (χ4v) is 4.03. The van der Waals surface area contributed by atoms with Gasteiger partial charge in [0, 0.05) is 28.9 Å². The van der Waals surface area contributed by atoms with Crippen LogP contribution in [0.1, 0.15) is 11.1 Å². The molecule has 4 aromatic rings. The van der Waals surface area contributed by atoms with Crippen molar-refractivity contribution in [2.45, 2.75) is 13.0 Å². The summed E-state index contributed by atoms with van der Waals surface area (Å²) < 4.78 is 10.7. The lowest BCUT2D eigenvalue weighted by Crippen LogP contribution is -2.17. The van der Waals surface area contributed by atoms with Gasteiger partial charge < -0.3 is 14.8 Å². The Bertz CT molecular complexity index is 1090. The molecule has 0 aliphatic carbocycles. The highest BCUT2D eigenvalue weighted by molar-refractivity contribution is 7.08. The van der Waals surface area contributed by atoms with Crippen LogP contribution in [0.4, 0.5) is 0 Å². The number of nitrogens with zero attached hydrogens (tertiary/aromatic N) is 1. The van der Waals surface area contributed by atoms with Crippen molar-refractivity contribution in [2.75, 3.05) is 20.8 Å². The number of methoxy groups -OCH3 is 2. The number of ether oxygens (including phenoxy) is 2. The number of rotatable bonds is 8. The molecule has 0 saturated heterocycles. The first-order valence-corrected chi connectivity index (χ1v) is 10.5. The molecule has 0 aliphatic heterocycles. The Hall–Kier alpha value is -2.89. The summed E-state index contributed by atoms with van der Waals surface area (Å²) in [6.07, 6.45) is 0.948. The minimum atomic E-state index is 0.768. The molecule has 2 aromatic heterocycles. The minimum Gasteiger partial charge on any atom is -0.497 e. The molecule has 2 aromatic carbocycles. The maximum Gasteiger partial charge on any atom is 0.121 e. The van der Waals surface area contributed by atoms with Gasteiger partial charge in [0.1, 0.15) is 11.5 Å². The maximum atomic E-state index is 5.36. The number of pyridine rings is 1. The van der Waals surface area contributed by atoms with E-state index < -0.39 is 0 Å². The SMILES string of the molecule is COc1cccc(CCNCc2cc3ccc(OC)cc3nc2-c2ccsc2)c1. The van der Waals surface area contributed by atoms with E-state index in [1.165, 1.54) is 11.1 Å². The van der Waals surface area contributed by atoms with Crippen LogP contribution in [-0.4, -0.2) is 25.7 Å². The van der Waals surface area contributed by atoms with E-state index in [2.05, 4.69) is 46.4 Å². The summed E-state index contributed by atoms with van der Waals surface area (Å²) in [6.45, 7) is 1.65. The average Bonchev–Trinajstić information content (AvgIpc) is 3.30. The standard InChI is InChI=1S/C24H24N2O2S/c1-27-21-5-3-4-17(12-21)8-10-25-15-20-13-18-6-7-22(28-2)14-23(18)26-24(20)19-9-11-29-16-19/h3-7,9,11-14,16,25H,8,10,15H2,1-2H3. The summed E-state index contributed by atoms with van der Waals surface area (Å²) in [4.78, 5) is 4.96. The third-order valence-electron chi connectivity index (χ3n) is 4.94. The number of benzene rings is 2. The van der Waals surface area contributed by atoms with E-state index in [0.717, 1.165) is 53.2 Å². The summed E-state index contributed by atoms with van der Waals surface area (Å²) in [5.74, 6) is 1.72. The van der Waals surface area contributed by atoms with Gasteiger partial charge in [0.15, 0.2) is 0 Å².